The Labute approximate surface area is 206 Å². The average molecular weight is 497 g/mol. The van der Waals surface area contributed by atoms with E-state index < -0.39 is 18.0 Å². The zero-order valence-corrected chi connectivity index (χ0v) is 19.5. The highest BCUT2D eigenvalue weighted by atomic mass is 16.4. The molecule has 4 rings (SSSR count). The van der Waals surface area contributed by atoms with Crippen molar-refractivity contribution in [2.75, 3.05) is 11.9 Å². The van der Waals surface area contributed by atoms with Crippen molar-refractivity contribution in [3.63, 3.8) is 0 Å². The number of carbonyl (C=O) groups is 4. The molecule has 3 aromatic rings. The number of aromatic nitrogens is 1. The highest BCUT2D eigenvalue weighted by Crippen LogP contribution is 2.25. The first kappa shape index (κ1) is 27.6. The van der Waals surface area contributed by atoms with Crippen LogP contribution in [0.15, 0.2) is 66.9 Å². The van der Waals surface area contributed by atoms with E-state index in [-0.39, 0.29) is 24.0 Å². The fraction of sp³-hybridized carbons (Fsp3) is 0.200. The summed E-state index contributed by atoms with van der Waals surface area (Å²) in [5.41, 5.74) is 3.99. The van der Waals surface area contributed by atoms with E-state index in [0.29, 0.717) is 18.6 Å². The van der Waals surface area contributed by atoms with Crippen LogP contribution in [0.2, 0.25) is 0 Å². The van der Waals surface area contributed by atoms with Crippen molar-refractivity contribution >= 4 is 40.5 Å². The number of aromatic amines is 1. The Bertz CT molecular complexity index is 1240. The van der Waals surface area contributed by atoms with Gasteiger partial charge in [0.15, 0.2) is 0 Å². The lowest BCUT2D eigenvalue weighted by Crippen LogP contribution is -2.32. The molecule has 190 valence electrons. The second-order valence-corrected chi connectivity index (χ2v) is 7.74. The number of H-pyrrole nitrogens is 1. The normalized spacial score (nSPS) is 14.7. The van der Waals surface area contributed by atoms with Gasteiger partial charge in [-0.1, -0.05) is 36.4 Å². The molecule has 3 amide bonds. The topological polar surface area (TPSA) is 183 Å². The number of carboxylic acid groups (broad SMARTS) is 2. The van der Waals surface area contributed by atoms with Gasteiger partial charge in [0, 0.05) is 42.2 Å². The number of anilines is 1. The van der Waals surface area contributed by atoms with Gasteiger partial charge in [0.2, 0.25) is 0 Å². The van der Waals surface area contributed by atoms with Crippen LogP contribution in [0.25, 0.3) is 10.9 Å². The molecule has 0 saturated carbocycles. The van der Waals surface area contributed by atoms with E-state index in [0.717, 1.165) is 34.3 Å². The lowest BCUT2D eigenvalue weighted by molar-refractivity contribution is -0.134. The first-order valence-corrected chi connectivity index (χ1v) is 10.9. The second kappa shape index (κ2) is 12.7. The molecule has 0 spiro atoms. The number of carbonyl (C=O) groups excluding carboxylic acids is 2. The first-order chi connectivity index (χ1) is 16.8. The maximum atomic E-state index is 12.7. The molecule has 7 N–H and O–H groups in total. The smallest absolute Gasteiger partial charge is 0.328 e. The molecule has 1 aromatic heterocycles. The lowest BCUT2D eigenvalue weighted by Gasteiger charge is -2.13. The number of amides is 3. The van der Waals surface area contributed by atoms with E-state index in [9.17, 15) is 19.2 Å². The molecule has 1 aliphatic heterocycles. The maximum Gasteiger partial charge on any atom is 0.328 e. The molecule has 0 aliphatic carbocycles. The van der Waals surface area contributed by atoms with Crippen LogP contribution in [0.3, 0.4) is 0 Å². The molecule has 1 fully saturated rings. The van der Waals surface area contributed by atoms with Crippen LogP contribution in [0.1, 0.15) is 18.1 Å². The van der Waals surface area contributed by atoms with Gasteiger partial charge in [-0.05, 0) is 30.2 Å². The van der Waals surface area contributed by atoms with E-state index in [1.807, 2.05) is 61.7 Å². The van der Waals surface area contributed by atoms with E-state index >= 15 is 0 Å². The van der Waals surface area contributed by atoms with Crippen molar-refractivity contribution in [2.45, 2.75) is 25.9 Å². The van der Waals surface area contributed by atoms with Crippen LogP contribution in [0.5, 0.6) is 0 Å². The summed E-state index contributed by atoms with van der Waals surface area (Å²) in [4.78, 5) is 48.7. The number of urea groups is 1. The van der Waals surface area contributed by atoms with Crippen molar-refractivity contribution in [2.24, 2.45) is 0 Å². The summed E-state index contributed by atoms with van der Waals surface area (Å²) in [5.74, 6) is -2.69. The fourth-order valence-electron chi connectivity index (χ4n) is 3.64. The molecule has 11 nitrogen and oxygen atoms in total. The van der Waals surface area contributed by atoms with Crippen molar-refractivity contribution in [3.05, 3.63) is 78.0 Å². The van der Waals surface area contributed by atoms with Gasteiger partial charge in [0.25, 0.3) is 5.91 Å². The molecule has 36 heavy (non-hydrogen) atoms. The van der Waals surface area contributed by atoms with Crippen LogP contribution in [-0.2, 0) is 27.3 Å². The van der Waals surface area contributed by atoms with Gasteiger partial charge < -0.3 is 31.3 Å². The van der Waals surface area contributed by atoms with Crippen LogP contribution in [0.4, 0.5) is 10.5 Å². The highest BCUT2D eigenvalue weighted by molar-refractivity contribution is 6.04. The van der Waals surface area contributed by atoms with Crippen LogP contribution in [0, 0.1) is 0 Å². The predicted molar refractivity (Wildman–Crippen MR) is 134 cm³/mol. The Morgan fingerprint density at radius 2 is 1.69 bits per heavy atom. The third kappa shape index (κ3) is 7.18. The largest absolute Gasteiger partial charge is 0.478 e. The van der Waals surface area contributed by atoms with Crippen LogP contribution < -0.4 is 10.6 Å². The summed E-state index contributed by atoms with van der Waals surface area (Å²) >= 11 is 0. The number of aliphatic carboxylic acids is 2. The van der Waals surface area contributed by atoms with Gasteiger partial charge >= 0.3 is 18.0 Å². The van der Waals surface area contributed by atoms with Crippen molar-refractivity contribution in [3.8, 4) is 0 Å². The number of nitrogens with one attached hydrogen (secondary N) is 3. The molecule has 1 aliphatic rings. The molecule has 11 heteroatoms. The molecule has 2 heterocycles. The molecule has 0 bridgehead atoms. The number of benzene rings is 2. The van der Waals surface area contributed by atoms with E-state index in [4.69, 9.17) is 10.2 Å². The van der Waals surface area contributed by atoms with Crippen molar-refractivity contribution in [1.29, 1.82) is 0 Å². The van der Waals surface area contributed by atoms with Gasteiger partial charge in [0.05, 0.1) is 12.2 Å². The minimum Gasteiger partial charge on any atom is -0.478 e. The first-order valence-electron chi connectivity index (χ1n) is 10.9. The molecule has 0 radical (unpaired) electrons. The number of hydrogen-bond donors (Lipinski definition) is 5. The monoisotopic (exact) mass is 496 g/mol. The van der Waals surface area contributed by atoms with Crippen molar-refractivity contribution in [1.82, 2.24) is 15.2 Å². The molecule has 1 saturated heterocycles. The molecular formula is C25H28N4O7. The average Bonchev–Trinajstić information content (AvgIpc) is 3.34. The van der Waals surface area contributed by atoms with Gasteiger partial charge in [-0.3, -0.25) is 9.69 Å². The Balaban J connectivity index is 0.000000442. The predicted octanol–water partition coefficient (Wildman–Crippen LogP) is 2.15. The van der Waals surface area contributed by atoms with Gasteiger partial charge in [0.1, 0.15) is 6.04 Å². The summed E-state index contributed by atoms with van der Waals surface area (Å²) in [6.45, 7) is 3.14. The second-order valence-electron chi connectivity index (χ2n) is 7.74. The minimum atomic E-state index is -1.26. The summed E-state index contributed by atoms with van der Waals surface area (Å²) in [6.07, 6.45) is 3.55. The zero-order chi connectivity index (χ0) is 25.4. The number of rotatable bonds is 8. The third-order valence-corrected chi connectivity index (χ3v) is 5.21. The zero-order valence-electron chi connectivity index (χ0n) is 19.5. The molecule has 2 aromatic carbocycles. The standard InChI is InChI=1S/C21H22N4O2.C4H4O4.H2O/c1-2-22-19-12-23-17-9-8-15(10-16(17)19)13-25-20(26)18(24-21(25)27)11-14-6-4-3-5-7-14;5-3(6)1-2-4(7)8;/h3-10,12,18,22-23H,2,11,13H2,1H3,(H,24,27);1-2H,(H,5,6)(H,7,8);1H2/b;2-1-;. The number of hydrogen-bond acceptors (Lipinski definition) is 5. The quantitative estimate of drug-likeness (QED) is 0.234. The Kier molecular flexibility index (Phi) is 9.75. The Morgan fingerprint density at radius 3 is 2.31 bits per heavy atom. The van der Waals surface area contributed by atoms with Gasteiger partial charge in [-0.15, -0.1) is 0 Å². The Morgan fingerprint density at radius 1 is 1.03 bits per heavy atom. The number of carboxylic acids is 2. The molecule has 1 atom stereocenters. The fourth-order valence-corrected chi connectivity index (χ4v) is 3.64. The summed E-state index contributed by atoms with van der Waals surface area (Å²) < 4.78 is 0. The Hall–Kier alpha value is -4.64. The maximum absolute atomic E-state index is 12.7. The third-order valence-electron chi connectivity index (χ3n) is 5.21. The highest BCUT2D eigenvalue weighted by Gasteiger charge is 2.37. The lowest BCUT2D eigenvalue weighted by atomic mass is 10.1. The SMILES string of the molecule is CCNc1c[nH]c2ccc(CN3C(=O)NC(Cc4ccccc4)C3=O)cc12.O.O=C(O)/C=C\C(=O)O. The van der Waals surface area contributed by atoms with Crippen LogP contribution in [-0.4, -0.2) is 62.0 Å². The summed E-state index contributed by atoms with van der Waals surface area (Å²) in [5, 5.41) is 22.8. The molecular weight excluding hydrogens is 468 g/mol. The minimum absolute atomic E-state index is 0. The summed E-state index contributed by atoms with van der Waals surface area (Å²) in [6, 6.07) is 14.8. The van der Waals surface area contributed by atoms with Gasteiger partial charge in [-0.25, -0.2) is 14.4 Å². The van der Waals surface area contributed by atoms with Crippen molar-refractivity contribution < 1.29 is 34.9 Å². The van der Waals surface area contributed by atoms with E-state index in [1.165, 1.54) is 4.90 Å². The number of imide groups is 1. The van der Waals surface area contributed by atoms with E-state index in [1.54, 1.807) is 0 Å². The van der Waals surface area contributed by atoms with E-state index in [2.05, 4.69) is 15.6 Å². The molecule has 1 unspecified atom stereocenters. The van der Waals surface area contributed by atoms with Crippen LogP contribution >= 0.6 is 0 Å². The number of fused-ring (bicyclic) bond motifs is 1. The number of nitrogens with zero attached hydrogens (tertiary/aromatic N) is 1. The van der Waals surface area contributed by atoms with Gasteiger partial charge in [-0.2, -0.15) is 0 Å². The summed E-state index contributed by atoms with van der Waals surface area (Å²) in [7, 11) is 0.